The first-order chi connectivity index (χ1) is 9.22. The average Bonchev–Trinajstić information content (AvgIpc) is 2.78. The standard InChI is InChI=1S/C15H19FN2O.ClH/c16-14-3-1-11(2-4-14)7-12-5-6-18(10-12)15(19)13-8-17-9-13;/h1-4,12-13,17H,5-10H2;1H. The van der Waals surface area contributed by atoms with Crippen LogP contribution in [0.3, 0.4) is 0 Å². The van der Waals surface area contributed by atoms with Crippen molar-refractivity contribution >= 4 is 18.3 Å². The van der Waals surface area contributed by atoms with Gasteiger partial charge in [-0.2, -0.15) is 0 Å². The summed E-state index contributed by atoms with van der Waals surface area (Å²) in [5.41, 5.74) is 1.16. The molecule has 2 saturated heterocycles. The summed E-state index contributed by atoms with van der Waals surface area (Å²) >= 11 is 0. The molecule has 2 fully saturated rings. The fraction of sp³-hybridized carbons (Fsp3) is 0.533. The first kappa shape index (κ1) is 15.3. The van der Waals surface area contributed by atoms with E-state index >= 15 is 0 Å². The summed E-state index contributed by atoms with van der Waals surface area (Å²) in [6.45, 7) is 3.39. The molecule has 1 aromatic carbocycles. The highest BCUT2D eigenvalue weighted by atomic mass is 35.5. The van der Waals surface area contributed by atoms with Crippen LogP contribution in [0.25, 0.3) is 0 Å². The number of hydrogen-bond acceptors (Lipinski definition) is 2. The first-order valence-electron chi connectivity index (χ1n) is 6.96. The zero-order valence-electron chi connectivity index (χ0n) is 11.3. The van der Waals surface area contributed by atoms with Gasteiger partial charge in [0.25, 0.3) is 0 Å². The lowest BCUT2D eigenvalue weighted by molar-refractivity contribution is -0.136. The predicted octanol–water partition coefficient (Wildman–Crippen LogP) is 1.86. The summed E-state index contributed by atoms with van der Waals surface area (Å²) in [6, 6.07) is 6.70. The highest BCUT2D eigenvalue weighted by Crippen LogP contribution is 2.23. The van der Waals surface area contributed by atoms with E-state index in [2.05, 4.69) is 5.32 Å². The van der Waals surface area contributed by atoms with Gasteiger partial charge in [-0.25, -0.2) is 4.39 Å². The molecule has 5 heteroatoms. The predicted molar refractivity (Wildman–Crippen MR) is 78.4 cm³/mol. The van der Waals surface area contributed by atoms with Crippen LogP contribution in [0.5, 0.6) is 0 Å². The van der Waals surface area contributed by atoms with Gasteiger partial charge < -0.3 is 10.2 Å². The number of rotatable bonds is 3. The fourth-order valence-electron chi connectivity index (χ4n) is 2.87. The summed E-state index contributed by atoms with van der Waals surface area (Å²) in [7, 11) is 0. The van der Waals surface area contributed by atoms with E-state index in [1.54, 1.807) is 0 Å². The van der Waals surface area contributed by atoms with Gasteiger partial charge in [-0.1, -0.05) is 12.1 Å². The van der Waals surface area contributed by atoms with E-state index in [9.17, 15) is 9.18 Å². The number of hydrogen-bond donors (Lipinski definition) is 1. The van der Waals surface area contributed by atoms with E-state index < -0.39 is 0 Å². The summed E-state index contributed by atoms with van der Waals surface area (Å²) in [5, 5.41) is 3.14. The Labute approximate surface area is 124 Å². The van der Waals surface area contributed by atoms with Crippen molar-refractivity contribution in [3.63, 3.8) is 0 Å². The third-order valence-corrected chi connectivity index (χ3v) is 4.17. The average molecular weight is 299 g/mol. The van der Waals surface area contributed by atoms with Gasteiger partial charge in [0.05, 0.1) is 5.92 Å². The largest absolute Gasteiger partial charge is 0.342 e. The van der Waals surface area contributed by atoms with Gasteiger partial charge in [-0.05, 0) is 36.5 Å². The zero-order chi connectivity index (χ0) is 13.2. The van der Waals surface area contributed by atoms with Crippen molar-refractivity contribution in [2.45, 2.75) is 12.8 Å². The molecule has 1 amide bonds. The molecule has 110 valence electrons. The van der Waals surface area contributed by atoms with Crippen LogP contribution in [0.15, 0.2) is 24.3 Å². The highest BCUT2D eigenvalue weighted by Gasteiger charge is 2.33. The Balaban J connectivity index is 0.00000147. The highest BCUT2D eigenvalue weighted by molar-refractivity contribution is 5.85. The summed E-state index contributed by atoms with van der Waals surface area (Å²) in [5.74, 6) is 0.830. The van der Waals surface area contributed by atoms with Gasteiger partial charge in [0, 0.05) is 26.2 Å². The second-order valence-electron chi connectivity index (χ2n) is 5.62. The Kier molecular flexibility index (Phi) is 5.00. The van der Waals surface area contributed by atoms with Crippen molar-refractivity contribution < 1.29 is 9.18 Å². The van der Waals surface area contributed by atoms with E-state index in [0.29, 0.717) is 11.8 Å². The summed E-state index contributed by atoms with van der Waals surface area (Å²) < 4.78 is 12.8. The van der Waals surface area contributed by atoms with Crippen molar-refractivity contribution in [2.75, 3.05) is 26.2 Å². The number of nitrogens with zero attached hydrogens (tertiary/aromatic N) is 1. The van der Waals surface area contributed by atoms with E-state index in [1.165, 1.54) is 12.1 Å². The molecular weight excluding hydrogens is 279 g/mol. The lowest BCUT2D eigenvalue weighted by atomic mass is 9.98. The van der Waals surface area contributed by atoms with Crippen LogP contribution in [0.1, 0.15) is 12.0 Å². The molecule has 0 bridgehead atoms. The minimum atomic E-state index is -0.190. The van der Waals surface area contributed by atoms with Crippen molar-refractivity contribution in [3.8, 4) is 0 Å². The number of amides is 1. The molecule has 1 atom stereocenters. The van der Waals surface area contributed by atoms with Crippen molar-refractivity contribution in [1.29, 1.82) is 0 Å². The molecule has 0 aromatic heterocycles. The molecule has 2 aliphatic rings. The number of halogens is 2. The molecule has 0 radical (unpaired) electrons. The van der Waals surface area contributed by atoms with Crippen molar-refractivity contribution in [2.24, 2.45) is 11.8 Å². The minimum absolute atomic E-state index is 0. The van der Waals surface area contributed by atoms with Gasteiger partial charge in [-0.3, -0.25) is 4.79 Å². The Bertz CT molecular complexity index is 461. The normalized spacial score (nSPS) is 22.2. The van der Waals surface area contributed by atoms with E-state index in [0.717, 1.165) is 44.6 Å². The topological polar surface area (TPSA) is 32.3 Å². The van der Waals surface area contributed by atoms with Gasteiger partial charge in [0.2, 0.25) is 5.91 Å². The monoisotopic (exact) mass is 298 g/mol. The molecular formula is C15H20ClFN2O. The molecule has 2 heterocycles. The lowest BCUT2D eigenvalue weighted by Gasteiger charge is -2.30. The van der Waals surface area contributed by atoms with Crippen LogP contribution in [-0.4, -0.2) is 37.0 Å². The van der Waals surface area contributed by atoms with Gasteiger partial charge in [0.15, 0.2) is 0 Å². The molecule has 3 rings (SSSR count). The third-order valence-electron chi connectivity index (χ3n) is 4.17. The minimum Gasteiger partial charge on any atom is -0.342 e. The molecule has 1 unspecified atom stereocenters. The molecule has 1 N–H and O–H groups in total. The van der Waals surface area contributed by atoms with Crippen molar-refractivity contribution in [3.05, 3.63) is 35.6 Å². The third kappa shape index (κ3) is 3.30. The van der Waals surface area contributed by atoms with Crippen molar-refractivity contribution in [1.82, 2.24) is 10.2 Å². The maximum atomic E-state index is 12.8. The first-order valence-corrected chi connectivity index (χ1v) is 6.96. The van der Waals surface area contributed by atoms with E-state index in [-0.39, 0.29) is 24.1 Å². The van der Waals surface area contributed by atoms with Crippen LogP contribution in [-0.2, 0) is 11.2 Å². The smallest absolute Gasteiger partial charge is 0.228 e. The maximum Gasteiger partial charge on any atom is 0.228 e. The Hall–Kier alpha value is -1.13. The quantitative estimate of drug-likeness (QED) is 0.924. The summed E-state index contributed by atoms with van der Waals surface area (Å²) in [4.78, 5) is 14.1. The molecule has 3 nitrogen and oxygen atoms in total. The van der Waals surface area contributed by atoms with Crippen LogP contribution in [0.4, 0.5) is 4.39 Å². The Morgan fingerprint density at radius 3 is 2.60 bits per heavy atom. The molecule has 0 saturated carbocycles. The maximum absolute atomic E-state index is 12.8. The van der Waals surface area contributed by atoms with E-state index in [4.69, 9.17) is 0 Å². The summed E-state index contributed by atoms with van der Waals surface area (Å²) in [6.07, 6.45) is 2.00. The molecule has 0 aliphatic carbocycles. The number of carbonyl (C=O) groups is 1. The second-order valence-corrected chi connectivity index (χ2v) is 5.62. The zero-order valence-corrected chi connectivity index (χ0v) is 12.2. The van der Waals surface area contributed by atoms with Gasteiger partial charge in [0.1, 0.15) is 5.82 Å². The molecule has 2 aliphatic heterocycles. The van der Waals surface area contributed by atoms with Gasteiger partial charge in [-0.15, -0.1) is 12.4 Å². The van der Waals surface area contributed by atoms with Crippen LogP contribution in [0, 0.1) is 17.7 Å². The second kappa shape index (κ2) is 6.55. The fourth-order valence-corrected chi connectivity index (χ4v) is 2.87. The number of carbonyl (C=O) groups excluding carboxylic acids is 1. The lowest BCUT2D eigenvalue weighted by Crippen LogP contribution is -2.51. The number of benzene rings is 1. The van der Waals surface area contributed by atoms with E-state index in [1.807, 2.05) is 17.0 Å². The van der Waals surface area contributed by atoms with Gasteiger partial charge >= 0.3 is 0 Å². The van der Waals surface area contributed by atoms with Crippen LogP contribution in [0.2, 0.25) is 0 Å². The molecule has 1 aromatic rings. The molecule has 20 heavy (non-hydrogen) atoms. The number of nitrogens with one attached hydrogen (secondary N) is 1. The number of likely N-dealkylation sites (tertiary alicyclic amines) is 1. The van der Waals surface area contributed by atoms with Crippen LogP contribution < -0.4 is 5.32 Å². The Morgan fingerprint density at radius 2 is 2.00 bits per heavy atom. The SMILES string of the molecule is Cl.O=C(C1CNC1)N1CCC(Cc2ccc(F)cc2)C1. The molecule has 0 spiro atoms. The Morgan fingerprint density at radius 1 is 1.30 bits per heavy atom. The van der Waals surface area contributed by atoms with Crippen LogP contribution >= 0.6 is 12.4 Å².